The SMILES string of the molecule is C[C@@H]1CN(c2nc(=O)n3c4c(c(-c5cc(Br)c(F)cc5F)c(C(F)(F)F)cc24)SC[C@@H](c2ccncc2)C3)C[C@H](C)N1. The normalized spacial score (nSPS) is 21.0. The minimum absolute atomic E-state index is 0.000604. The van der Waals surface area contributed by atoms with Gasteiger partial charge in [0.25, 0.3) is 0 Å². The van der Waals surface area contributed by atoms with Crippen LogP contribution in [-0.4, -0.2) is 45.5 Å². The molecular weight excluding hydrogens is 641 g/mol. The molecule has 0 unspecified atom stereocenters. The van der Waals surface area contributed by atoms with Crippen molar-refractivity contribution in [3.63, 3.8) is 0 Å². The second-order valence-electron chi connectivity index (χ2n) is 10.8. The Morgan fingerprint density at radius 3 is 2.38 bits per heavy atom. The lowest BCUT2D eigenvalue weighted by Crippen LogP contribution is -2.55. The Kier molecular flexibility index (Phi) is 7.55. The van der Waals surface area contributed by atoms with Gasteiger partial charge in [-0.25, -0.2) is 13.6 Å². The van der Waals surface area contributed by atoms with E-state index in [0.717, 1.165) is 29.5 Å². The molecule has 1 N–H and O–H groups in total. The van der Waals surface area contributed by atoms with Crippen molar-refractivity contribution in [3.05, 3.63) is 80.4 Å². The fraction of sp³-hybridized carbons (Fsp3) is 0.345. The summed E-state index contributed by atoms with van der Waals surface area (Å²) in [6.45, 7) is 4.92. The number of halogens is 6. The fourth-order valence-electron chi connectivity index (χ4n) is 5.94. The second-order valence-corrected chi connectivity index (χ2v) is 12.6. The zero-order valence-corrected chi connectivity index (χ0v) is 24.9. The quantitative estimate of drug-likeness (QED) is 0.197. The summed E-state index contributed by atoms with van der Waals surface area (Å²) in [5, 5.41) is 3.54. The number of rotatable bonds is 3. The number of piperazine rings is 1. The summed E-state index contributed by atoms with van der Waals surface area (Å²) in [7, 11) is 0. The summed E-state index contributed by atoms with van der Waals surface area (Å²) in [4.78, 5) is 24.1. The van der Waals surface area contributed by atoms with Crippen molar-refractivity contribution in [1.29, 1.82) is 0 Å². The van der Waals surface area contributed by atoms with Gasteiger partial charge in [0.05, 0.1) is 15.6 Å². The first-order valence-corrected chi connectivity index (χ1v) is 15.1. The number of alkyl halides is 3. The Hall–Kier alpha value is -3.03. The molecule has 1 fully saturated rings. The van der Waals surface area contributed by atoms with E-state index in [4.69, 9.17) is 0 Å². The molecule has 6 nitrogen and oxygen atoms in total. The van der Waals surface area contributed by atoms with Gasteiger partial charge in [-0.1, -0.05) is 0 Å². The predicted octanol–water partition coefficient (Wildman–Crippen LogP) is 6.59. The largest absolute Gasteiger partial charge is 0.417 e. The number of pyridine rings is 1. The molecule has 2 aliphatic rings. The molecule has 0 amide bonds. The van der Waals surface area contributed by atoms with Crippen LogP contribution in [-0.2, 0) is 12.7 Å². The average Bonchev–Trinajstić information content (AvgIpc) is 3.13. The van der Waals surface area contributed by atoms with Gasteiger partial charge in [0.1, 0.15) is 17.5 Å². The van der Waals surface area contributed by atoms with E-state index in [2.05, 4.69) is 31.2 Å². The molecule has 42 heavy (non-hydrogen) atoms. The summed E-state index contributed by atoms with van der Waals surface area (Å²) in [6.07, 6.45) is -1.67. The van der Waals surface area contributed by atoms with E-state index in [1.54, 1.807) is 24.5 Å². The molecule has 4 aromatic rings. The summed E-state index contributed by atoms with van der Waals surface area (Å²) in [5.41, 5.74) is -1.42. The number of thioether (sulfide) groups is 1. The van der Waals surface area contributed by atoms with Crippen molar-refractivity contribution >= 4 is 44.4 Å². The van der Waals surface area contributed by atoms with Crippen molar-refractivity contribution in [1.82, 2.24) is 19.9 Å². The van der Waals surface area contributed by atoms with Crippen LogP contribution in [0.3, 0.4) is 0 Å². The molecular formula is C29H25BrF5N5OS. The summed E-state index contributed by atoms with van der Waals surface area (Å²) < 4.78 is 75.5. The van der Waals surface area contributed by atoms with Gasteiger partial charge in [-0.15, -0.1) is 11.8 Å². The Bertz CT molecular complexity index is 1740. The van der Waals surface area contributed by atoms with Gasteiger partial charge in [-0.2, -0.15) is 18.2 Å². The molecule has 1 saturated heterocycles. The third-order valence-corrected chi connectivity index (χ3v) is 9.51. The first-order chi connectivity index (χ1) is 19.9. The van der Waals surface area contributed by atoms with E-state index in [-0.39, 0.29) is 50.6 Å². The van der Waals surface area contributed by atoms with E-state index in [1.165, 1.54) is 4.57 Å². The molecule has 6 rings (SSSR count). The number of aromatic nitrogens is 3. The van der Waals surface area contributed by atoms with Crippen molar-refractivity contribution in [3.8, 4) is 11.1 Å². The topological polar surface area (TPSA) is 63.1 Å². The molecule has 220 valence electrons. The molecule has 2 aliphatic heterocycles. The molecule has 0 bridgehead atoms. The van der Waals surface area contributed by atoms with E-state index in [9.17, 15) is 22.4 Å². The lowest BCUT2D eigenvalue weighted by Gasteiger charge is -2.37. The first-order valence-electron chi connectivity index (χ1n) is 13.3. The van der Waals surface area contributed by atoms with Gasteiger partial charge >= 0.3 is 11.9 Å². The smallest absolute Gasteiger partial charge is 0.353 e. The second kappa shape index (κ2) is 10.9. The third kappa shape index (κ3) is 5.19. The Morgan fingerprint density at radius 1 is 1.02 bits per heavy atom. The Morgan fingerprint density at radius 2 is 1.71 bits per heavy atom. The van der Waals surface area contributed by atoms with Gasteiger partial charge in [0.15, 0.2) is 0 Å². The molecule has 2 aromatic carbocycles. The highest BCUT2D eigenvalue weighted by atomic mass is 79.9. The molecule has 0 spiro atoms. The van der Waals surface area contributed by atoms with Crippen LogP contribution in [0.4, 0.5) is 27.8 Å². The van der Waals surface area contributed by atoms with Crippen molar-refractivity contribution in [2.75, 3.05) is 23.7 Å². The van der Waals surface area contributed by atoms with Crippen molar-refractivity contribution in [2.24, 2.45) is 0 Å². The molecule has 0 radical (unpaired) electrons. The van der Waals surface area contributed by atoms with Gasteiger partial charge in [-0.05, 0) is 59.6 Å². The standard InChI is InChI=1S/C29H25BrF5N5OS/c1-14-10-39(11-15(2)37-14)27-19-7-20(29(33,34)35)24(18-8-21(30)23(32)9-22(18)31)26-25(19)40(28(41)38-27)12-17(13-42-26)16-3-5-36-6-4-16/h3-9,14-15,17,37H,10-13H2,1-2H3/t14-,15+,17-/m0/s1. The molecule has 4 heterocycles. The van der Waals surface area contributed by atoms with E-state index < -0.39 is 40.2 Å². The number of nitrogens with zero attached hydrogens (tertiary/aromatic N) is 4. The third-order valence-electron chi connectivity index (χ3n) is 7.65. The van der Waals surface area contributed by atoms with Crippen LogP contribution in [0.25, 0.3) is 22.0 Å². The maximum absolute atomic E-state index is 15.4. The zero-order valence-electron chi connectivity index (χ0n) is 22.5. The highest BCUT2D eigenvalue weighted by Gasteiger charge is 2.39. The zero-order chi connectivity index (χ0) is 29.9. The minimum atomic E-state index is -4.90. The van der Waals surface area contributed by atoms with Crippen LogP contribution >= 0.6 is 27.7 Å². The number of hydrogen-bond donors (Lipinski definition) is 1. The van der Waals surface area contributed by atoms with Crippen LogP contribution in [0.15, 0.2) is 56.9 Å². The Labute approximate surface area is 250 Å². The number of hydrogen-bond acceptors (Lipinski definition) is 6. The van der Waals surface area contributed by atoms with Crippen molar-refractivity contribution < 1.29 is 22.0 Å². The van der Waals surface area contributed by atoms with E-state index in [1.807, 2.05) is 18.7 Å². The predicted molar refractivity (Wildman–Crippen MR) is 156 cm³/mol. The van der Waals surface area contributed by atoms with Crippen LogP contribution in [0.5, 0.6) is 0 Å². The van der Waals surface area contributed by atoms with Gasteiger partial charge in [0.2, 0.25) is 0 Å². The van der Waals surface area contributed by atoms with E-state index in [0.29, 0.717) is 24.9 Å². The van der Waals surface area contributed by atoms with E-state index >= 15 is 4.39 Å². The highest BCUT2D eigenvalue weighted by Crippen LogP contribution is 2.50. The summed E-state index contributed by atoms with van der Waals surface area (Å²) in [5.74, 6) is -1.89. The lowest BCUT2D eigenvalue weighted by molar-refractivity contribution is -0.137. The summed E-state index contributed by atoms with van der Waals surface area (Å²) >= 11 is 4.13. The van der Waals surface area contributed by atoms with Crippen LogP contribution in [0.1, 0.15) is 30.9 Å². The number of benzene rings is 2. The van der Waals surface area contributed by atoms with Gasteiger partial charge in [0, 0.05) is 83.3 Å². The molecule has 0 saturated carbocycles. The molecule has 2 aromatic heterocycles. The number of anilines is 1. The van der Waals surface area contributed by atoms with Gasteiger partial charge in [-0.3, -0.25) is 9.55 Å². The highest BCUT2D eigenvalue weighted by molar-refractivity contribution is 9.10. The molecule has 0 aliphatic carbocycles. The number of nitrogens with one attached hydrogen (secondary N) is 1. The lowest BCUT2D eigenvalue weighted by atomic mass is 9.95. The maximum Gasteiger partial charge on any atom is 0.417 e. The van der Waals surface area contributed by atoms with Gasteiger partial charge < -0.3 is 10.2 Å². The van der Waals surface area contributed by atoms with Crippen LogP contribution < -0.4 is 15.9 Å². The molecule has 3 atom stereocenters. The summed E-state index contributed by atoms with van der Waals surface area (Å²) in [6, 6.07) is 6.15. The monoisotopic (exact) mass is 665 g/mol. The minimum Gasteiger partial charge on any atom is -0.353 e. The van der Waals surface area contributed by atoms with Crippen molar-refractivity contribution in [2.45, 2.75) is 49.5 Å². The van der Waals surface area contributed by atoms with Crippen LogP contribution in [0.2, 0.25) is 0 Å². The average molecular weight is 667 g/mol. The van der Waals surface area contributed by atoms with Crippen LogP contribution in [0, 0.1) is 11.6 Å². The fourth-order valence-corrected chi connectivity index (χ4v) is 7.67. The first kappa shape index (κ1) is 29.1. The Balaban J connectivity index is 1.71. The molecule has 13 heteroatoms. The maximum atomic E-state index is 15.4.